The van der Waals surface area contributed by atoms with Crippen molar-refractivity contribution >= 4 is 18.2 Å². The van der Waals surface area contributed by atoms with Gasteiger partial charge < -0.3 is 0 Å². The fourth-order valence-electron chi connectivity index (χ4n) is 2.71. The minimum absolute atomic E-state index is 0.0268. The molecule has 3 nitrogen and oxygen atoms in total. The zero-order chi connectivity index (χ0) is 14.7. The zero-order valence-electron chi connectivity index (χ0n) is 12.2. The second kappa shape index (κ2) is 6.20. The Kier molecular flexibility index (Phi) is 5.35. The van der Waals surface area contributed by atoms with Crippen LogP contribution in [0.25, 0.3) is 0 Å². The maximum atomic E-state index is 11.0. The maximum Gasteiger partial charge on any atom is 0.294 e. The van der Waals surface area contributed by atoms with Gasteiger partial charge in [0.15, 0.2) is 0 Å². The van der Waals surface area contributed by atoms with E-state index in [4.69, 9.17) is 4.55 Å². The number of hydrogen-bond acceptors (Lipinski definition) is 2. The van der Waals surface area contributed by atoms with E-state index in [1.54, 1.807) is 0 Å². The topological polar surface area (TPSA) is 54.4 Å². The Balaban J connectivity index is 3.00. The van der Waals surface area contributed by atoms with Crippen molar-refractivity contribution in [3.05, 3.63) is 29.8 Å². The molecule has 1 rings (SSSR count). The summed E-state index contributed by atoms with van der Waals surface area (Å²) >= 11 is 0. The third-order valence-corrected chi connectivity index (χ3v) is 11.7. The molecule has 0 heterocycles. The van der Waals surface area contributed by atoms with E-state index in [1.165, 1.54) is 29.8 Å². The predicted molar refractivity (Wildman–Crippen MR) is 81.8 cm³/mol. The van der Waals surface area contributed by atoms with Gasteiger partial charge in [0.25, 0.3) is 10.1 Å². The van der Waals surface area contributed by atoms with E-state index in [0.29, 0.717) is 5.54 Å². The van der Waals surface area contributed by atoms with Crippen molar-refractivity contribution in [2.75, 3.05) is 0 Å². The molecule has 0 aliphatic heterocycles. The van der Waals surface area contributed by atoms with E-state index in [0.717, 1.165) is 6.04 Å². The normalized spacial score (nSPS) is 12.9. The summed E-state index contributed by atoms with van der Waals surface area (Å²) in [6, 6.07) is 10.2. The average molecular weight is 300 g/mol. The molecule has 0 spiro atoms. The lowest BCUT2D eigenvalue weighted by molar-refractivity contribution is 0.483. The van der Waals surface area contributed by atoms with Crippen molar-refractivity contribution in [3.8, 4) is 0 Å². The van der Waals surface area contributed by atoms with Crippen LogP contribution in [-0.2, 0) is 16.2 Å². The summed E-state index contributed by atoms with van der Waals surface area (Å²) in [6.45, 7) is 9.13. The molecule has 19 heavy (non-hydrogen) atoms. The minimum atomic E-state index is -4.08. The lowest BCUT2D eigenvalue weighted by atomic mass is 10.2. The quantitative estimate of drug-likeness (QED) is 0.640. The van der Waals surface area contributed by atoms with Crippen LogP contribution < -0.4 is 0 Å². The number of rotatable bonds is 6. The molecule has 5 heteroatoms. The first kappa shape index (κ1) is 16.4. The third kappa shape index (κ3) is 3.90. The molecule has 1 aromatic rings. The van der Waals surface area contributed by atoms with E-state index in [9.17, 15) is 8.42 Å². The highest BCUT2D eigenvalue weighted by Gasteiger charge is 2.32. The summed E-state index contributed by atoms with van der Waals surface area (Å²) in [7, 11) is -5.42. The Morgan fingerprint density at radius 2 is 1.58 bits per heavy atom. The molecule has 1 N–H and O–H groups in total. The Bertz CT molecular complexity index is 502. The molecule has 0 saturated heterocycles. The first-order chi connectivity index (χ1) is 8.75. The van der Waals surface area contributed by atoms with Crippen molar-refractivity contribution in [3.63, 3.8) is 0 Å². The summed E-state index contributed by atoms with van der Waals surface area (Å²) in [6.07, 6.45) is 0. The highest BCUT2D eigenvalue weighted by atomic mass is 32.2. The second-order valence-electron chi connectivity index (χ2n) is 5.52. The van der Waals surface area contributed by atoms with Crippen molar-refractivity contribution < 1.29 is 13.0 Å². The summed E-state index contributed by atoms with van der Waals surface area (Å²) in [5.41, 5.74) is 1.89. The highest BCUT2D eigenvalue weighted by Crippen LogP contribution is 2.32. The molecule has 0 bridgehead atoms. The van der Waals surface area contributed by atoms with Crippen LogP contribution in [0.3, 0.4) is 0 Å². The van der Waals surface area contributed by atoms with Crippen molar-refractivity contribution in [2.24, 2.45) is 0 Å². The number of benzene rings is 1. The van der Waals surface area contributed by atoms with Crippen molar-refractivity contribution in [2.45, 2.75) is 56.3 Å². The summed E-state index contributed by atoms with van der Waals surface area (Å²) < 4.78 is 31.0. The van der Waals surface area contributed by atoms with E-state index < -0.39 is 18.2 Å². The molecule has 1 aromatic carbocycles. The molecule has 0 atom stereocenters. The molecule has 0 radical (unpaired) electrons. The van der Waals surface area contributed by atoms with Gasteiger partial charge in [-0.15, -0.1) is 0 Å². The van der Waals surface area contributed by atoms with Gasteiger partial charge in [0.1, 0.15) is 0 Å². The molecule has 108 valence electrons. The molecular formula is C14H24O3SSi. The number of hydrogen-bond donors (Lipinski definition) is 1. The van der Waals surface area contributed by atoms with Crippen molar-refractivity contribution in [1.29, 1.82) is 0 Å². The molecule has 0 saturated carbocycles. The molecular weight excluding hydrogens is 276 g/mol. The van der Waals surface area contributed by atoms with Crippen LogP contribution in [0.4, 0.5) is 0 Å². The van der Waals surface area contributed by atoms with Crippen LogP contribution in [0, 0.1) is 0 Å². The van der Waals surface area contributed by atoms with Gasteiger partial charge in [-0.05, 0) is 18.2 Å². The first-order valence-electron chi connectivity index (χ1n) is 6.81. The average Bonchev–Trinajstić information content (AvgIpc) is 2.35. The minimum Gasteiger partial charge on any atom is -0.282 e. The Labute approximate surface area is 117 Å². The van der Waals surface area contributed by atoms with Crippen LogP contribution in [0.2, 0.25) is 17.6 Å². The lowest BCUT2D eigenvalue weighted by Gasteiger charge is -2.34. The SMILES string of the molecule is CC[Si](CC)(Cc1ccc(S(=O)(=O)O)cc1)C(C)C. The van der Waals surface area contributed by atoms with Gasteiger partial charge in [0.2, 0.25) is 0 Å². The monoisotopic (exact) mass is 300 g/mol. The van der Waals surface area contributed by atoms with E-state index in [-0.39, 0.29) is 4.90 Å². The van der Waals surface area contributed by atoms with E-state index in [2.05, 4.69) is 27.7 Å². The van der Waals surface area contributed by atoms with Gasteiger partial charge in [-0.1, -0.05) is 63.0 Å². The molecule has 0 aromatic heterocycles. The van der Waals surface area contributed by atoms with E-state index >= 15 is 0 Å². The third-order valence-electron chi connectivity index (χ3n) is 4.41. The lowest BCUT2D eigenvalue weighted by Crippen LogP contribution is -2.39. The fourth-order valence-corrected chi connectivity index (χ4v) is 7.28. The molecule has 0 aliphatic rings. The van der Waals surface area contributed by atoms with Crippen LogP contribution in [0.15, 0.2) is 29.2 Å². The maximum absolute atomic E-state index is 11.0. The predicted octanol–water partition coefficient (Wildman–Crippen LogP) is 3.91. The molecule has 0 aliphatic carbocycles. The van der Waals surface area contributed by atoms with Crippen LogP contribution in [0.1, 0.15) is 33.3 Å². The van der Waals surface area contributed by atoms with Crippen LogP contribution in [0.5, 0.6) is 0 Å². The summed E-state index contributed by atoms with van der Waals surface area (Å²) in [4.78, 5) is -0.0268. The van der Waals surface area contributed by atoms with Gasteiger partial charge in [0.05, 0.1) is 13.0 Å². The highest BCUT2D eigenvalue weighted by molar-refractivity contribution is 7.85. The Morgan fingerprint density at radius 3 is 1.89 bits per heavy atom. The van der Waals surface area contributed by atoms with Crippen LogP contribution in [-0.4, -0.2) is 21.0 Å². The molecule has 0 amide bonds. The van der Waals surface area contributed by atoms with Gasteiger partial charge in [-0.3, -0.25) is 4.55 Å². The van der Waals surface area contributed by atoms with Gasteiger partial charge in [-0.25, -0.2) is 0 Å². The largest absolute Gasteiger partial charge is 0.294 e. The van der Waals surface area contributed by atoms with E-state index in [1.807, 2.05) is 12.1 Å². The second-order valence-corrected chi connectivity index (χ2v) is 12.6. The van der Waals surface area contributed by atoms with Gasteiger partial charge in [-0.2, -0.15) is 8.42 Å². The van der Waals surface area contributed by atoms with Gasteiger partial charge in [0, 0.05) is 0 Å². The van der Waals surface area contributed by atoms with Gasteiger partial charge >= 0.3 is 0 Å². The molecule has 0 fully saturated rings. The zero-order valence-corrected chi connectivity index (χ0v) is 14.0. The Morgan fingerprint density at radius 1 is 1.11 bits per heavy atom. The van der Waals surface area contributed by atoms with Crippen molar-refractivity contribution in [1.82, 2.24) is 0 Å². The molecule has 0 unspecified atom stereocenters. The van der Waals surface area contributed by atoms with Crippen LogP contribution >= 0.6 is 0 Å². The fraction of sp³-hybridized carbons (Fsp3) is 0.571. The standard InChI is InChI=1S/C14H24O3SSi/c1-5-19(6-2,12(3)4)11-13-7-9-14(10-8-13)18(15,16)17/h7-10,12H,5-6,11H2,1-4H3,(H,15,16,17). The first-order valence-corrected chi connectivity index (χ1v) is 11.0. The summed E-state index contributed by atoms with van der Waals surface area (Å²) in [5, 5.41) is 0. The Hall–Kier alpha value is -0.653. The summed E-state index contributed by atoms with van der Waals surface area (Å²) in [5.74, 6) is 0. The smallest absolute Gasteiger partial charge is 0.282 e.